The quantitative estimate of drug-likeness (QED) is 0.310. The van der Waals surface area contributed by atoms with Gasteiger partial charge in [-0.2, -0.15) is 4.98 Å². The van der Waals surface area contributed by atoms with Crippen LogP contribution in [0.25, 0.3) is 0 Å². The number of rotatable bonds is 6. The summed E-state index contributed by atoms with van der Waals surface area (Å²) in [7, 11) is 0. The molecular formula is C22H24FN7S2. The van der Waals surface area contributed by atoms with Crippen LogP contribution >= 0.6 is 24.0 Å². The van der Waals surface area contributed by atoms with Gasteiger partial charge in [0.1, 0.15) is 16.7 Å². The molecule has 0 radical (unpaired) electrons. The van der Waals surface area contributed by atoms with E-state index in [0.29, 0.717) is 28.8 Å². The van der Waals surface area contributed by atoms with E-state index in [1.807, 2.05) is 6.07 Å². The number of benzene rings is 1. The van der Waals surface area contributed by atoms with E-state index in [-0.39, 0.29) is 5.82 Å². The minimum absolute atomic E-state index is 0.265. The molecule has 0 unspecified atom stereocenters. The molecule has 2 aromatic heterocycles. The molecule has 1 aliphatic heterocycles. The number of hydrogen-bond donors (Lipinski definition) is 2. The molecule has 0 bridgehead atoms. The third-order valence-electron chi connectivity index (χ3n) is 5.12. The fourth-order valence-electron chi connectivity index (χ4n) is 3.47. The summed E-state index contributed by atoms with van der Waals surface area (Å²) in [6.45, 7) is 3.64. The summed E-state index contributed by atoms with van der Waals surface area (Å²) in [5.41, 5.74) is 0.921. The molecule has 10 heteroatoms. The van der Waals surface area contributed by atoms with Gasteiger partial charge in [-0.1, -0.05) is 12.1 Å². The lowest BCUT2D eigenvalue weighted by atomic mass is 10.0. The van der Waals surface area contributed by atoms with Gasteiger partial charge in [-0.15, -0.1) is 0 Å². The van der Waals surface area contributed by atoms with Crippen LogP contribution in [0, 0.1) is 5.82 Å². The summed E-state index contributed by atoms with van der Waals surface area (Å²) >= 11 is 6.82. The summed E-state index contributed by atoms with van der Waals surface area (Å²) in [5, 5.41) is 7.95. The fourth-order valence-corrected chi connectivity index (χ4v) is 4.34. The van der Waals surface area contributed by atoms with Gasteiger partial charge in [-0.3, -0.25) is 0 Å². The number of halogens is 1. The third-order valence-corrected chi connectivity index (χ3v) is 6.17. The lowest BCUT2D eigenvalue weighted by Gasteiger charge is -2.34. The molecule has 1 atom stereocenters. The van der Waals surface area contributed by atoms with Crippen molar-refractivity contribution >= 4 is 40.9 Å². The van der Waals surface area contributed by atoms with Gasteiger partial charge in [-0.25, -0.2) is 19.3 Å². The van der Waals surface area contributed by atoms with E-state index in [1.165, 1.54) is 30.3 Å². The smallest absolute Gasteiger partial charge is 0.232 e. The fraction of sp³-hybridized carbons (Fsp3) is 0.318. The van der Waals surface area contributed by atoms with Crippen LogP contribution in [0.15, 0.2) is 59.0 Å². The Labute approximate surface area is 196 Å². The van der Waals surface area contributed by atoms with Crippen LogP contribution < -0.4 is 15.5 Å². The van der Waals surface area contributed by atoms with Crippen LogP contribution in [0.5, 0.6) is 0 Å². The first-order valence-corrected chi connectivity index (χ1v) is 11.7. The molecule has 1 fully saturated rings. The van der Waals surface area contributed by atoms with Gasteiger partial charge in [-0.05, 0) is 73.9 Å². The molecular weight excluding hydrogens is 445 g/mol. The van der Waals surface area contributed by atoms with E-state index in [9.17, 15) is 4.39 Å². The molecule has 0 aliphatic carbocycles. The van der Waals surface area contributed by atoms with Gasteiger partial charge in [0.2, 0.25) is 5.95 Å². The van der Waals surface area contributed by atoms with Crippen LogP contribution in [0.1, 0.15) is 31.7 Å². The number of nitrogens with zero attached hydrogens (tertiary/aromatic N) is 5. The zero-order valence-corrected chi connectivity index (χ0v) is 19.3. The maximum absolute atomic E-state index is 13.1. The van der Waals surface area contributed by atoms with Crippen LogP contribution in [-0.2, 0) is 6.54 Å². The van der Waals surface area contributed by atoms with E-state index in [1.54, 1.807) is 30.6 Å². The van der Waals surface area contributed by atoms with Crippen molar-refractivity contribution in [1.82, 2.24) is 25.3 Å². The van der Waals surface area contributed by atoms with Crippen LogP contribution in [-0.4, -0.2) is 37.6 Å². The molecule has 3 heterocycles. The average molecular weight is 470 g/mol. The van der Waals surface area contributed by atoms with E-state index >= 15 is 0 Å². The van der Waals surface area contributed by atoms with Crippen molar-refractivity contribution in [2.45, 2.75) is 49.0 Å². The minimum Gasteiger partial charge on any atom is -0.358 e. The average Bonchev–Trinajstić information content (AvgIpc) is 2.79. The topological polar surface area (TPSA) is 78.9 Å². The highest BCUT2D eigenvalue weighted by Gasteiger charge is 2.21. The van der Waals surface area contributed by atoms with Gasteiger partial charge < -0.3 is 15.5 Å². The molecule has 0 saturated carbocycles. The SMILES string of the molecule is C[C@H]1CCCCN1c1cc(Sc2ncccn2)nc(NC(=S)NCc2ccc(F)cc2)n1. The van der Waals surface area contributed by atoms with E-state index in [4.69, 9.17) is 17.2 Å². The molecule has 0 amide bonds. The van der Waals surface area contributed by atoms with Crippen molar-refractivity contribution in [2.24, 2.45) is 0 Å². The van der Waals surface area contributed by atoms with Crippen molar-refractivity contribution in [1.29, 1.82) is 0 Å². The second kappa shape index (κ2) is 10.6. The van der Waals surface area contributed by atoms with Crippen molar-refractivity contribution in [3.05, 3.63) is 60.2 Å². The Morgan fingerprint density at radius 1 is 1.19 bits per heavy atom. The maximum atomic E-state index is 13.1. The van der Waals surface area contributed by atoms with Crippen molar-refractivity contribution in [2.75, 3.05) is 16.8 Å². The molecule has 4 rings (SSSR count). The second-order valence-electron chi connectivity index (χ2n) is 7.49. The summed E-state index contributed by atoms with van der Waals surface area (Å²) in [6, 6.07) is 10.4. The normalized spacial score (nSPS) is 15.9. The molecule has 7 nitrogen and oxygen atoms in total. The number of anilines is 2. The van der Waals surface area contributed by atoms with E-state index in [2.05, 4.69) is 37.4 Å². The molecule has 0 spiro atoms. The first kappa shape index (κ1) is 22.3. The zero-order chi connectivity index (χ0) is 22.3. The van der Waals surface area contributed by atoms with Crippen LogP contribution in [0.3, 0.4) is 0 Å². The summed E-state index contributed by atoms with van der Waals surface area (Å²) < 4.78 is 13.1. The Morgan fingerprint density at radius 2 is 1.97 bits per heavy atom. The summed E-state index contributed by atoms with van der Waals surface area (Å²) in [6.07, 6.45) is 6.91. The largest absolute Gasteiger partial charge is 0.358 e. The van der Waals surface area contributed by atoms with Crippen molar-refractivity contribution in [3.8, 4) is 0 Å². The van der Waals surface area contributed by atoms with Crippen LogP contribution in [0.2, 0.25) is 0 Å². The standard InChI is InChI=1S/C22H24FN7S2/c1-15-5-2-3-12-30(15)18-13-19(32-22-24-10-4-11-25-22)28-20(27-18)29-21(31)26-14-16-6-8-17(23)9-7-16/h4,6-11,13,15H,2-3,5,12,14H2,1H3,(H2,26,27,28,29,31)/t15-/m0/s1. The lowest BCUT2D eigenvalue weighted by molar-refractivity contribution is 0.480. The predicted octanol–water partition coefficient (Wildman–Crippen LogP) is 4.42. The predicted molar refractivity (Wildman–Crippen MR) is 128 cm³/mol. The Bertz CT molecular complexity index is 1050. The number of piperidine rings is 1. The van der Waals surface area contributed by atoms with Gasteiger partial charge in [0.05, 0.1) is 0 Å². The number of nitrogens with one attached hydrogen (secondary N) is 2. The first-order chi connectivity index (χ1) is 15.6. The van der Waals surface area contributed by atoms with Crippen LogP contribution in [0.4, 0.5) is 16.2 Å². The number of thiocarbonyl (C=S) groups is 1. The Kier molecular flexibility index (Phi) is 7.43. The first-order valence-electron chi connectivity index (χ1n) is 10.5. The molecule has 1 aliphatic rings. The van der Waals surface area contributed by atoms with Crippen molar-refractivity contribution < 1.29 is 4.39 Å². The maximum Gasteiger partial charge on any atom is 0.232 e. The monoisotopic (exact) mass is 469 g/mol. The van der Waals surface area contributed by atoms with Gasteiger partial charge in [0.15, 0.2) is 10.3 Å². The third kappa shape index (κ3) is 6.10. The zero-order valence-electron chi connectivity index (χ0n) is 17.7. The Morgan fingerprint density at radius 3 is 2.72 bits per heavy atom. The molecule has 166 valence electrons. The Hall–Kier alpha value is -2.85. The second-order valence-corrected chi connectivity index (χ2v) is 8.89. The molecule has 32 heavy (non-hydrogen) atoms. The highest BCUT2D eigenvalue weighted by Crippen LogP contribution is 2.29. The summed E-state index contributed by atoms with van der Waals surface area (Å²) in [4.78, 5) is 20.2. The molecule has 3 aromatic rings. The number of aromatic nitrogens is 4. The number of hydrogen-bond acceptors (Lipinski definition) is 7. The van der Waals surface area contributed by atoms with E-state index < -0.39 is 0 Å². The highest BCUT2D eigenvalue weighted by molar-refractivity contribution is 7.99. The molecule has 1 aromatic carbocycles. The lowest BCUT2D eigenvalue weighted by Crippen LogP contribution is -2.38. The molecule has 1 saturated heterocycles. The minimum atomic E-state index is -0.265. The highest BCUT2D eigenvalue weighted by atomic mass is 32.2. The Balaban J connectivity index is 1.51. The van der Waals surface area contributed by atoms with Crippen molar-refractivity contribution in [3.63, 3.8) is 0 Å². The molecule has 2 N–H and O–H groups in total. The van der Waals surface area contributed by atoms with Gasteiger partial charge >= 0.3 is 0 Å². The summed E-state index contributed by atoms with van der Waals surface area (Å²) in [5.74, 6) is 1.00. The van der Waals surface area contributed by atoms with E-state index in [0.717, 1.165) is 35.8 Å². The van der Waals surface area contributed by atoms with Gasteiger partial charge in [0.25, 0.3) is 0 Å². The van der Waals surface area contributed by atoms with Gasteiger partial charge in [0, 0.05) is 37.6 Å².